The minimum Gasteiger partial charge on any atom is -0.467 e. The lowest BCUT2D eigenvalue weighted by atomic mass is 9.88. The molecule has 0 spiro atoms. The van der Waals surface area contributed by atoms with Gasteiger partial charge in [0.25, 0.3) is 0 Å². The van der Waals surface area contributed by atoms with Crippen molar-refractivity contribution in [3.8, 4) is 0 Å². The van der Waals surface area contributed by atoms with Gasteiger partial charge in [-0.05, 0) is 29.5 Å². The van der Waals surface area contributed by atoms with Crippen LogP contribution in [0.25, 0.3) is 0 Å². The zero-order chi connectivity index (χ0) is 28.7. The topological polar surface area (TPSA) is 149 Å². The van der Waals surface area contributed by atoms with Crippen LogP contribution in [-0.4, -0.2) is 49.5 Å². The van der Waals surface area contributed by atoms with E-state index in [9.17, 15) is 14.4 Å². The largest absolute Gasteiger partial charge is 0.467 e. The highest BCUT2D eigenvalue weighted by atomic mass is 16.5. The van der Waals surface area contributed by atoms with Crippen molar-refractivity contribution in [1.82, 2.24) is 10.6 Å². The van der Waals surface area contributed by atoms with E-state index in [0.717, 1.165) is 16.7 Å². The third-order valence-corrected chi connectivity index (χ3v) is 6.48. The lowest BCUT2D eigenvalue weighted by Gasteiger charge is -2.24. The highest BCUT2D eigenvalue weighted by Gasteiger charge is 2.28. The number of esters is 1. The van der Waals surface area contributed by atoms with Gasteiger partial charge in [-0.3, -0.25) is 14.6 Å². The van der Waals surface area contributed by atoms with Crippen molar-refractivity contribution in [3.63, 3.8) is 0 Å². The summed E-state index contributed by atoms with van der Waals surface area (Å²) in [5.74, 6) is -1.60. The molecule has 6 N–H and O–H groups in total. The number of aliphatic imine (C=N–C) groups is 1. The quantitative estimate of drug-likeness (QED) is 0.106. The maximum absolute atomic E-state index is 13.4. The van der Waals surface area contributed by atoms with Crippen molar-refractivity contribution in [3.05, 3.63) is 108 Å². The van der Waals surface area contributed by atoms with E-state index < -0.39 is 24.0 Å². The van der Waals surface area contributed by atoms with Crippen LogP contribution in [0.1, 0.15) is 41.9 Å². The van der Waals surface area contributed by atoms with Gasteiger partial charge in [-0.2, -0.15) is 0 Å². The molecule has 0 fully saturated rings. The number of hydrogen-bond donors (Lipinski definition) is 4. The summed E-state index contributed by atoms with van der Waals surface area (Å²) >= 11 is 0. The van der Waals surface area contributed by atoms with E-state index in [4.69, 9.17) is 16.2 Å². The molecule has 0 heterocycles. The lowest BCUT2D eigenvalue weighted by Crippen LogP contribution is -2.52. The van der Waals surface area contributed by atoms with E-state index in [-0.39, 0.29) is 37.0 Å². The smallest absolute Gasteiger partial charge is 0.328 e. The third kappa shape index (κ3) is 9.58. The Morgan fingerprint density at radius 3 is 1.88 bits per heavy atom. The van der Waals surface area contributed by atoms with E-state index >= 15 is 0 Å². The lowest BCUT2D eigenvalue weighted by molar-refractivity contribution is -0.145. The predicted molar refractivity (Wildman–Crippen MR) is 155 cm³/mol. The van der Waals surface area contributed by atoms with Crippen molar-refractivity contribution in [2.45, 2.75) is 43.7 Å². The maximum Gasteiger partial charge on any atom is 0.328 e. The van der Waals surface area contributed by atoms with Crippen LogP contribution in [0.3, 0.4) is 0 Å². The second-order valence-corrected chi connectivity index (χ2v) is 9.42. The number of ether oxygens (including phenoxy) is 1. The molecule has 0 saturated carbocycles. The van der Waals surface area contributed by atoms with Gasteiger partial charge in [0.05, 0.1) is 7.11 Å². The first-order valence-corrected chi connectivity index (χ1v) is 13.2. The van der Waals surface area contributed by atoms with E-state index in [1.807, 2.05) is 91.0 Å². The van der Waals surface area contributed by atoms with Crippen molar-refractivity contribution in [1.29, 1.82) is 0 Å². The SMILES string of the molecule is COC(=O)[C@H](Cc1ccccc1)NC(=O)[C@@H](CCCN=C(N)N)NC(=O)CC(c1ccccc1)c1ccccc1. The molecule has 0 saturated heterocycles. The molecule has 0 aliphatic rings. The summed E-state index contributed by atoms with van der Waals surface area (Å²) in [4.78, 5) is 43.3. The molecule has 0 aliphatic heterocycles. The molecule has 2 atom stereocenters. The average Bonchev–Trinajstić information content (AvgIpc) is 2.98. The van der Waals surface area contributed by atoms with Crippen LogP contribution >= 0.6 is 0 Å². The van der Waals surface area contributed by atoms with Crippen LogP contribution in [0.2, 0.25) is 0 Å². The fourth-order valence-electron chi connectivity index (χ4n) is 4.47. The second-order valence-electron chi connectivity index (χ2n) is 9.42. The van der Waals surface area contributed by atoms with Gasteiger partial charge in [0.2, 0.25) is 11.8 Å². The van der Waals surface area contributed by atoms with Crippen LogP contribution in [0.4, 0.5) is 0 Å². The molecule has 3 aromatic rings. The van der Waals surface area contributed by atoms with Crippen molar-refractivity contribution < 1.29 is 19.1 Å². The minimum atomic E-state index is -0.918. The molecule has 40 heavy (non-hydrogen) atoms. The first-order chi connectivity index (χ1) is 19.4. The van der Waals surface area contributed by atoms with Gasteiger partial charge in [-0.15, -0.1) is 0 Å². The van der Waals surface area contributed by atoms with Crippen LogP contribution < -0.4 is 22.1 Å². The minimum absolute atomic E-state index is 0.0489. The fourth-order valence-corrected chi connectivity index (χ4v) is 4.47. The number of carbonyl (C=O) groups excluding carboxylic acids is 3. The van der Waals surface area contributed by atoms with Crippen LogP contribution in [-0.2, 0) is 25.5 Å². The Hall–Kier alpha value is -4.66. The Bertz CT molecular complexity index is 1210. The molecule has 0 radical (unpaired) electrons. The van der Waals surface area contributed by atoms with Gasteiger partial charge in [0, 0.05) is 25.3 Å². The van der Waals surface area contributed by atoms with E-state index in [1.165, 1.54) is 7.11 Å². The first kappa shape index (κ1) is 29.9. The molecular weight excluding hydrogens is 506 g/mol. The Balaban J connectivity index is 1.77. The number of nitrogens with one attached hydrogen (secondary N) is 2. The van der Waals surface area contributed by atoms with Gasteiger partial charge in [0.15, 0.2) is 5.96 Å². The third-order valence-electron chi connectivity index (χ3n) is 6.48. The number of hydrogen-bond acceptors (Lipinski definition) is 5. The summed E-state index contributed by atoms with van der Waals surface area (Å²) in [7, 11) is 1.27. The fraction of sp³-hybridized carbons (Fsp3) is 0.290. The van der Waals surface area contributed by atoms with E-state index in [1.54, 1.807) is 0 Å². The Labute approximate surface area is 235 Å². The number of nitrogens with zero attached hydrogens (tertiary/aromatic N) is 1. The Morgan fingerprint density at radius 2 is 1.35 bits per heavy atom. The summed E-state index contributed by atoms with van der Waals surface area (Å²) in [6, 6.07) is 27.0. The highest BCUT2D eigenvalue weighted by Crippen LogP contribution is 2.27. The molecule has 2 amide bonds. The van der Waals surface area contributed by atoms with Gasteiger partial charge in [0.1, 0.15) is 12.1 Å². The van der Waals surface area contributed by atoms with E-state index in [2.05, 4.69) is 15.6 Å². The number of nitrogens with two attached hydrogens (primary N) is 2. The monoisotopic (exact) mass is 543 g/mol. The zero-order valence-electron chi connectivity index (χ0n) is 22.7. The van der Waals surface area contributed by atoms with Crippen molar-refractivity contribution in [2.24, 2.45) is 16.5 Å². The number of guanidine groups is 1. The Kier molecular flexibility index (Phi) is 11.7. The zero-order valence-corrected chi connectivity index (χ0v) is 22.7. The number of methoxy groups -OCH3 is 1. The number of amides is 2. The molecular formula is C31H37N5O4. The summed E-state index contributed by atoms with van der Waals surface area (Å²) in [6.45, 7) is 0.295. The Morgan fingerprint density at radius 1 is 0.800 bits per heavy atom. The molecule has 0 bridgehead atoms. The number of benzene rings is 3. The molecule has 0 unspecified atom stereocenters. The number of rotatable bonds is 14. The average molecular weight is 544 g/mol. The molecule has 0 aliphatic carbocycles. The molecule has 3 aromatic carbocycles. The summed E-state index contributed by atoms with van der Waals surface area (Å²) in [5, 5.41) is 5.66. The van der Waals surface area contributed by atoms with Crippen molar-refractivity contribution in [2.75, 3.05) is 13.7 Å². The first-order valence-electron chi connectivity index (χ1n) is 13.2. The molecule has 0 aromatic heterocycles. The molecule has 9 heteroatoms. The predicted octanol–water partition coefficient (Wildman–Crippen LogP) is 2.65. The van der Waals surface area contributed by atoms with E-state index in [0.29, 0.717) is 13.0 Å². The normalized spacial score (nSPS) is 12.2. The van der Waals surface area contributed by atoms with Gasteiger partial charge >= 0.3 is 5.97 Å². The van der Waals surface area contributed by atoms with Crippen LogP contribution in [0.5, 0.6) is 0 Å². The van der Waals surface area contributed by atoms with Gasteiger partial charge < -0.3 is 26.8 Å². The summed E-state index contributed by atoms with van der Waals surface area (Å²) in [5.41, 5.74) is 13.7. The summed E-state index contributed by atoms with van der Waals surface area (Å²) in [6.07, 6.45) is 1.10. The maximum atomic E-state index is 13.4. The number of carbonyl (C=O) groups is 3. The van der Waals surface area contributed by atoms with Crippen molar-refractivity contribution >= 4 is 23.7 Å². The molecule has 9 nitrogen and oxygen atoms in total. The molecule has 3 rings (SSSR count). The summed E-state index contributed by atoms with van der Waals surface area (Å²) < 4.78 is 4.94. The van der Waals surface area contributed by atoms with Crippen LogP contribution in [0, 0.1) is 0 Å². The highest BCUT2D eigenvalue weighted by molar-refractivity contribution is 5.91. The standard InChI is InChI=1S/C31H37N5O4/c1-40-30(39)27(20-22-12-5-2-6-13-22)36-29(38)26(18-11-19-34-31(32)33)35-28(37)21-25(23-14-7-3-8-15-23)24-16-9-4-10-17-24/h2-10,12-17,25-27H,11,18-21H2,1H3,(H,35,37)(H,36,38)(H4,32,33,34)/t26-,27+/m1/s1. The van der Waals surface area contributed by atoms with Gasteiger partial charge in [-0.1, -0.05) is 91.0 Å². The van der Waals surface area contributed by atoms with Crippen LogP contribution in [0.15, 0.2) is 96.0 Å². The molecule has 210 valence electrons. The van der Waals surface area contributed by atoms with Gasteiger partial charge in [-0.25, -0.2) is 4.79 Å². The second kappa shape index (κ2) is 15.7.